The second-order valence-corrected chi connectivity index (χ2v) is 8.58. The van der Waals surface area contributed by atoms with Crippen LogP contribution >= 0.6 is 22.6 Å². The molecule has 1 fully saturated rings. The van der Waals surface area contributed by atoms with E-state index < -0.39 is 17.6 Å². The van der Waals surface area contributed by atoms with Gasteiger partial charge in [-0.2, -0.15) is 13.2 Å². The maximum absolute atomic E-state index is 13.4. The van der Waals surface area contributed by atoms with Gasteiger partial charge in [-0.15, -0.1) is 0 Å². The van der Waals surface area contributed by atoms with E-state index in [0.717, 1.165) is 41.4 Å². The minimum atomic E-state index is -4.48. The third-order valence-electron chi connectivity index (χ3n) is 5.01. The molecule has 0 aromatic heterocycles. The molecule has 0 atom stereocenters. The number of likely N-dealkylation sites (N-methyl/N-ethyl adjacent to an activating group) is 1. The van der Waals surface area contributed by atoms with Crippen molar-refractivity contribution in [2.24, 2.45) is 0 Å². The lowest BCUT2D eigenvalue weighted by Crippen LogP contribution is -2.43. The number of carbonyl (C=O) groups excluding carboxylic acids is 1. The van der Waals surface area contributed by atoms with Crippen LogP contribution in [0.3, 0.4) is 0 Å². The standard InChI is InChI=1S/C21H23F3IN3O/c1-14-3-4-16(11-19(14)25)20(29)26-18-10-15(9-17(12-18)21(22,23)24)13-28-7-5-27(2)6-8-28/h3-4,9-12H,5-8,13H2,1-2H3,(H,26,29). The highest BCUT2D eigenvalue weighted by Crippen LogP contribution is 2.32. The first-order valence-corrected chi connectivity index (χ1v) is 10.4. The molecule has 0 radical (unpaired) electrons. The smallest absolute Gasteiger partial charge is 0.322 e. The quantitative estimate of drug-likeness (QED) is 0.602. The molecule has 1 aliphatic heterocycles. The van der Waals surface area contributed by atoms with Crippen LogP contribution in [-0.2, 0) is 12.7 Å². The maximum atomic E-state index is 13.4. The van der Waals surface area contributed by atoms with E-state index in [0.29, 0.717) is 17.7 Å². The number of anilines is 1. The normalized spacial score (nSPS) is 16.1. The molecule has 1 saturated heterocycles. The van der Waals surface area contributed by atoms with Crippen LogP contribution in [0, 0.1) is 10.5 Å². The average molecular weight is 517 g/mol. The van der Waals surface area contributed by atoms with Gasteiger partial charge in [-0.25, -0.2) is 0 Å². The number of piperazine rings is 1. The Morgan fingerprint density at radius 2 is 1.79 bits per heavy atom. The van der Waals surface area contributed by atoms with E-state index in [1.807, 2.05) is 20.0 Å². The van der Waals surface area contributed by atoms with Gasteiger partial charge in [0.25, 0.3) is 5.91 Å². The topological polar surface area (TPSA) is 35.6 Å². The number of nitrogens with one attached hydrogen (secondary N) is 1. The first kappa shape index (κ1) is 22.0. The highest BCUT2D eigenvalue weighted by atomic mass is 127. The van der Waals surface area contributed by atoms with Gasteiger partial charge >= 0.3 is 6.18 Å². The zero-order chi connectivity index (χ0) is 21.2. The minimum Gasteiger partial charge on any atom is -0.322 e. The number of alkyl halides is 3. The second-order valence-electron chi connectivity index (χ2n) is 7.41. The molecule has 1 amide bonds. The summed E-state index contributed by atoms with van der Waals surface area (Å²) in [5, 5.41) is 2.63. The van der Waals surface area contributed by atoms with E-state index >= 15 is 0 Å². The van der Waals surface area contributed by atoms with E-state index in [1.165, 1.54) is 6.07 Å². The molecule has 29 heavy (non-hydrogen) atoms. The number of hydrogen-bond donors (Lipinski definition) is 1. The van der Waals surface area contributed by atoms with E-state index in [4.69, 9.17) is 0 Å². The van der Waals surface area contributed by atoms with Crippen LogP contribution in [0.4, 0.5) is 18.9 Å². The number of halogens is 4. The lowest BCUT2D eigenvalue weighted by molar-refractivity contribution is -0.137. The number of nitrogens with zero attached hydrogens (tertiary/aromatic N) is 2. The lowest BCUT2D eigenvalue weighted by atomic mass is 10.1. The van der Waals surface area contributed by atoms with Crippen molar-refractivity contribution in [1.82, 2.24) is 9.80 Å². The summed E-state index contributed by atoms with van der Waals surface area (Å²) in [5.41, 5.74) is 1.40. The van der Waals surface area contributed by atoms with Crippen LogP contribution < -0.4 is 5.32 Å². The fraction of sp³-hybridized carbons (Fsp3) is 0.381. The Morgan fingerprint density at radius 1 is 1.10 bits per heavy atom. The van der Waals surface area contributed by atoms with Crippen molar-refractivity contribution < 1.29 is 18.0 Å². The van der Waals surface area contributed by atoms with Crippen molar-refractivity contribution in [1.29, 1.82) is 0 Å². The summed E-state index contributed by atoms with van der Waals surface area (Å²) in [7, 11) is 2.03. The fourth-order valence-electron chi connectivity index (χ4n) is 3.22. The van der Waals surface area contributed by atoms with E-state index in [1.54, 1.807) is 18.2 Å². The third kappa shape index (κ3) is 5.93. The van der Waals surface area contributed by atoms with Crippen LogP contribution in [-0.4, -0.2) is 48.9 Å². The van der Waals surface area contributed by atoms with Crippen LogP contribution in [0.25, 0.3) is 0 Å². The van der Waals surface area contributed by atoms with Crippen molar-refractivity contribution in [3.8, 4) is 0 Å². The van der Waals surface area contributed by atoms with Gasteiger partial charge in [0.15, 0.2) is 0 Å². The van der Waals surface area contributed by atoms with Gasteiger partial charge in [0.05, 0.1) is 5.56 Å². The Balaban J connectivity index is 1.83. The lowest BCUT2D eigenvalue weighted by Gasteiger charge is -2.32. The Bertz CT molecular complexity index is 893. The number of carbonyl (C=O) groups is 1. The molecule has 0 spiro atoms. The molecular weight excluding hydrogens is 494 g/mol. The van der Waals surface area contributed by atoms with Crippen molar-refractivity contribution >= 4 is 34.2 Å². The fourth-order valence-corrected chi connectivity index (χ4v) is 3.74. The molecule has 1 heterocycles. The molecule has 0 aliphatic carbocycles. The van der Waals surface area contributed by atoms with Crippen LogP contribution in [0.15, 0.2) is 36.4 Å². The zero-order valence-corrected chi connectivity index (χ0v) is 18.5. The molecule has 3 rings (SSSR count). The summed E-state index contributed by atoms with van der Waals surface area (Å²) < 4.78 is 41.1. The molecule has 0 bridgehead atoms. The SMILES string of the molecule is Cc1ccc(C(=O)Nc2cc(CN3CCN(C)CC3)cc(C(F)(F)F)c2)cc1I. The highest BCUT2D eigenvalue weighted by Gasteiger charge is 2.31. The summed E-state index contributed by atoms with van der Waals surface area (Å²) in [6, 6.07) is 9.01. The van der Waals surface area contributed by atoms with Crippen molar-refractivity contribution in [3.63, 3.8) is 0 Å². The molecule has 2 aromatic rings. The molecule has 0 saturated carbocycles. The van der Waals surface area contributed by atoms with Gasteiger partial charge < -0.3 is 10.2 Å². The van der Waals surface area contributed by atoms with Crippen LogP contribution in [0.5, 0.6) is 0 Å². The van der Waals surface area contributed by atoms with Gasteiger partial charge in [0, 0.05) is 47.5 Å². The molecular formula is C21H23F3IN3O. The van der Waals surface area contributed by atoms with Crippen molar-refractivity contribution in [2.45, 2.75) is 19.6 Å². The van der Waals surface area contributed by atoms with Crippen LogP contribution in [0.1, 0.15) is 27.0 Å². The Morgan fingerprint density at radius 3 is 2.41 bits per heavy atom. The minimum absolute atomic E-state index is 0.157. The van der Waals surface area contributed by atoms with Gasteiger partial charge in [-0.1, -0.05) is 6.07 Å². The summed E-state index contributed by atoms with van der Waals surface area (Å²) in [4.78, 5) is 16.9. The van der Waals surface area contributed by atoms with Gasteiger partial charge in [0.1, 0.15) is 0 Å². The Kier molecular flexibility index (Phi) is 6.85. The monoisotopic (exact) mass is 517 g/mol. The largest absolute Gasteiger partial charge is 0.416 e. The number of hydrogen-bond acceptors (Lipinski definition) is 3. The van der Waals surface area contributed by atoms with E-state index in [2.05, 4.69) is 37.7 Å². The molecule has 4 nitrogen and oxygen atoms in total. The predicted octanol–water partition coefficient (Wildman–Crippen LogP) is 4.62. The molecule has 156 valence electrons. The second kappa shape index (κ2) is 9.01. The first-order valence-electron chi connectivity index (χ1n) is 9.31. The number of benzene rings is 2. The first-order chi connectivity index (χ1) is 13.6. The summed E-state index contributed by atoms with van der Waals surface area (Å²) in [6.45, 7) is 5.72. The van der Waals surface area contributed by atoms with Gasteiger partial charge in [0.2, 0.25) is 0 Å². The third-order valence-corrected chi connectivity index (χ3v) is 6.18. The number of aryl methyl sites for hydroxylation is 1. The molecule has 2 aromatic carbocycles. The van der Waals surface area contributed by atoms with E-state index in [-0.39, 0.29) is 5.69 Å². The van der Waals surface area contributed by atoms with Crippen LogP contribution in [0.2, 0.25) is 0 Å². The van der Waals surface area contributed by atoms with Gasteiger partial charge in [-0.3, -0.25) is 9.69 Å². The Hall–Kier alpha value is -1.65. The van der Waals surface area contributed by atoms with Gasteiger partial charge in [-0.05, 0) is 78.0 Å². The molecule has 0 unspecified atom stereocenters. The number of rotatable bonds is 4. The predicted molar refractivity (Wildman–Crippen MR) is 116 cm³/mol. The zero-order valence-electron chi connectivity index (χ0n) is 16.3. The summed E-state index contributed by atoms with van der Waals surface area (Å²) in [6.07, 6.45) is -4.48. The summed E-state index contributed by atoms with van der Waals surface area (Å²) in [5.74, 6) is -0.423. The highest BCUT2D eigenvalue weighted by molar-refractivity contribution is 14.1. The maximum Gasteiger partial charge on any atom is 0.416 e. The molecule has 8 heteroatoms. The van der Waals surface area contributed by atoms with E-state index in [9.17, 15) is 18.0 Å². The number of amides is 1. The average Bonchev–Trinajstić information content (AvgIpc) is 2.65. The molecule has 1 aliphatic rings. The Labute approximate surface area is 182 Å². The van der Waals surface area contributed by atoms with Crippen molar-refractivity contribution in [3.05, 3.63) is 62.2 Å². The molecule has 1 N–H and O–H groups in total. The summed E-state index contributed by atoms with van der Waals surface area (Å²) >= 11 is 2.13. The van der Waals surface area contributed by atoms with Crippen molar-refractivity contribution in [2.75, 3.05) is 38.5 Å².